The molecule has 0 spiro atoms. The van der Waals surface area contributed by atoms with E-state index in [0.29, 0.717) is 12.2 Å². The van der Waals surface area contributed by atoms with Gasteiger partial charge in [0.1, 0.15) is 0 Å². The van der Waals surface area contributed by atoms with Crippen LogP contribution in [0.1, 0.15) is 0 Å². The van der Waals surface area contributed by atoms with Crippen LogP contribution < -0.4 is 0 Å². The summed E-state index contributed by atoms with van der Waals surface area (Å²) in [6.07, 6.45) is -3.97. The zero-order valence-corrected chi connectivity index (χ0v) is 6.85. The summed E-state index contributed by atoms with van der Waals surface area (Å²) < 4.78 is 31.7. The minimum atomic E-state index is -5.08. The molecule has 0 radical (unpaired) electrons. The van der Waals surface area contributed by atoms with Gasteiger partial charge in [-0.15, -0.1) is 0 Å². The number of carboxylic acids is 3. The molecule has 0 unspecified atom stereocenters. The Morgan fingerprint density at radius 3 is 1.13 bits per heavy atom. The molecule has 0 saturated carbocycles. The molecule has 15 heavy (non-hydrogen) atoms. The summed E-state index contributed by atoms with van der Waals surface area (Å²) in [6, 6.07) is 0. The molecule has 6 nitrogen and oxygen atoms in total. The topological polar surface area (TPSA) is 112 Å². The van der Waals surface area contributed by atoms with E-state index in [2.05, 4.69) is 0 Å². The molecule has 0 aromatic rings. The van der Waals surface area contributed by atoms with Gasteiger partial charge < -0.3 is 15.3 Å². The molecular weight excluding hydrogens is 225 g/mol. The van der Waals surface area contributed by atoms with Crippen molar-refractivity contribution < 1.29 is 42.9 Å². The van der Waals surface area contributed by atoms with E-state index in [1.54, 1.807) is 0 Å². The van der Waals surface area contributed by atoms with Crippen molar-refractivity contribution in [2.45, 2.75) is 6.18 Å². The van der Waals surface area contributed by atoms with Crippen LogP contribution in [0.15, 0.2) is 12.2 Å². The van der Waals surface area contributed by atoms with Crippen LogP contribution in [0.5, 0.6) is 0 Å². The summed E-state index contributed by atoms with van der Waals surface area (Å²) >= 11 is 0. The summed E-state index contributed by atoms with van der Waals surface area (Å²) in [5.41, 5.74) is 0. The number of carbonyl (C=O) groups is 3. The van der Waals surface area contributed by atoms with Gasteiger partial charge in [-0.2, -0.15) is 13.2 Å². The number of halogens is 3. The van der Waals surface area contributed by atoms with Crippen molar-refractivity contribution in [1.29, 1.82) is 0 Å². The molecule has 0 saturated heterocycles. The van der Waals surface area contributed by atoms with Gasteiger partial charge in [-0.1, -0.05) is 0 Å². The summed E-state index contributed by atoms with van der Waals surface area (Å²) in [5.74, 6) is -5.27. The molecule has 0 amide bonds. The maximum atomic E-state index is 10.6. The van der Waals surface area contributed by atoms with Gasteiger partial charge in [0, 0.05) is 12.2 Å². The zero-order valence-electron chi connectivity index (χ0n) is 6.85. The second-order valence-corrected chi connectivity index (χ2v) is 1.81. The van der Waals surface area contributed by atoms with E-state index >= 15 is 0 Å². The van der Waals surface area contributed by atoms with Gasteiger partial charge in [-0.05, 0) is 0 Å². The fourth-order valence-electron chi connectivity index (χ4n) is 0.143. The normalized spacial score (nSPS) is 10.3. The predicted molar refractivity (Wildman–Crippen MR) is 38.1 cm³/mol. The van der Waals surface area contributed by atoms with Crippen molar-refractivity contribution in [3.8, 4) is 0 Å². The first-order valence-corrected chi connectivity index (χ1v) is 3.01. The zero-order chi connectivity index (χ0) is 12.6. The Kier molecular flexibility index (Phi) is 6.58. The first kappa shape index (κ1) is 15.4. The van der Waals surface area contributed by atoms with Crippen molar-refractivity contribution in [2.75, 3.05) is 0 Å². The largest absolute Gasteiger partial charge is 0.490 e. The molecule has 0 atom stereocenters. The Hall–Kier alpha value is -2.06. The molecule has 0 aliphatic heterocycles. The minimum absolute atomic E-state index is 0.558. The number of rotatable bonds is 2. The number of alkyl halides is 3. The molecule has 0 aromatic heterocycles. The van der Waals surface area contributed by atoms with E-state index in [-0.39, 0.29) is 0 Å². The SMILES string of the molecule is O=C(O)C(F)(F)F.O=C(O)C=CC(=O)O. The molecule has 3 N–H and O–H groups in total. The lowest BCUT2D eigenvalue weighted by Gasteiger charge is -1.93. The van der Waals surface area contributed by atoms with Crippen LogP contribution in [-0.2, 0) is 14.4 Å². The van der Waals surface area contributed by atoms with E-state index in [4.69, 9.17) is 20.1 Å². The van der Waals surface area contributed by atoms with Crippen LogP contribution in [0.4, 0.5) is 13.2 Å². The highest BCUT2D eigenvalue weighted by Gasteiger charge is 2.38. The fraction of sp³-hybridized carbons (Fsp3) is 0.167. The van der Waals surface area contributed by atoms with Gasteiger partial charge in [0.2, 0.25) is 0 Å². The van der Waals surface area contributed by atoms with Crippen molar-refractivity contribution in [3.63, 3.8) is 0 Å². The maximum Gasteiger partial charge on any atom is 0.490 e. The third-order valence-electron chi connectivity index (χ3n) is 0.611. The Balaban J connectivity index is 0. The summed E-state index contributed by atoms with van der Waals surface area (Å²) in [4.78, 5) is 28.0. The number of aliphatic carboxylic acids is 3. The van der Waals surface area contributed by atoms with Crippen LogP contribution >= 0.6 is 0 Å². The molecule has 0 bridgehead atoms. The average molecular weight is 230 g/mol. The molecule has 86 valence electrons. The monoisotopic (exact) mass is 230 g/mol. The van der Waals surface area contributed by atoms with E-state index in [1.165, 1.54) is 0 Å². The Morgan fingerprint density at radius 2 is 1.07 bits per heavy atom. The molecule has 0 aliphatic rings. The van der Waals surface area contributed by atoms with E-state index < -0.39 is 24.1 Å². The third kappa shape index (κ3) is 14.8. The van der Waals surface area contributed by atoms with Gasteiger partial charge in [0.25, 0.3) is 0 Å². The second-order valence-electron chi connectivity index (χ2n) is 1.81. The first-order valence-electron chi connectivity index (χ1n) is 3.01. The highest BCUT2D eigenvalue weighted by Crippen LogP contribution is 2.13. The van der Waals surface area contributed by atoms with E-state index in [1.807, 2.05) is 0 Å². The molecule has 0 aromatic carbocycles. The molecule has 0 fully saturated rings. The van der Waals surface area contributed by atoms with E-state index in [9.17, 15) is 22.8 Å². The van der Waals surface area contributed by atoms with Gasteiger partial charge in [0.15, 0.2) is 0 Å². The summed E-state index contributed by atoms with van der Waals surface area (Å²) in [7, 11) is 0. The molecule has 9 heteroatoms. The highest BCUT2D eigenvalue weighted by atomic mass is 19.4. The third-order valence-corrected chi connectivity index (χ3v) is 0.611. The van der Waals surface area contributed by atoms with Crippen LogP contribution in [0.3, 0.4) is 0 Å². The second kappa shape index (κ2) is 6.40. The fourth-order valence-corrected chi connectivity index (χ4v) is 0.143. The standard InChI is InChI=1S/C4H4O4.C2HF3O2/c5-3(6)1-2-4(7)8;3-2(4,5)1(6)7/h1-2H,(H,5,6)(H,7,8);(H,6,7). The van der Waals surface area contributed by atoms with Crippen molar-refractivity contribution >= 4 is 17.9 Å². The lowest BCUT2D eigenvalue weighted by molar-refractivity contribution is -0.192. The van der Waals surface area contributed by atoms with Gasteiger partial charge in [0.05, 0.1) is 0 Å². The van der Waals surface area contributed by atoms with Crippen LogP contribution in [0.25, 0.3) is 0 Å². The van der Waals surface area contributed by atoms with Crippen molar-refractivity contribution in [2.24, 2.45) is 0 Å². The van der Waals surface area contributed by atoms with Gasteiger partial charge >= 0.3 is 24.1 Å². The lowest BCUT2D eigenvalue weighted by Crippen LogP contribution is -2.21. The Morgan fingerprint density at radius 1 is 0.867 bits per heavy atom. The summed E-state index contributed by atoms with van der Waals surface area (Å²) in [5, 5.41) is 22.7. The van der Waals surface area contributed by atoms with Gasteiger partial charge in [-0.25, -0.2) is 14.4 Å². The Bertz CT molecular complexity index is 263. The number of carboxylic acid groups (broad SMARTS) is 3. The van der Waals surface area contributed by atoms with E-state index in [0.717, 1.165) is 0 Å². The molecule has 0 aliphatic carbocycles. The van der Waals surface area contributed by atoms with Crippen LogP contribution in [0.2, 0.25) is 0 Å². The highest BCUT2D eigenvalue weighted by molar-refractivity contribution is 5.89. The van der Waals surface area contributed by atoms with Crippen LogP contribution in [-0.4, -0.2) is 39.4 Å². The summed E-state index contributed by atoms with van der Waals surface area (Å²) in [6.45, 7) is 0. The smallest absolute Gasteiger partial charge is 0.478 e. The van der Waals surface area contributed by atoms with Gasteiger partial charge in [-0.3, -0.25) is 0 Å². The quantitative estimate of drug-likeness (QED) is 0.590. The predicted octanol–water partition coefficient (Wildman–Crippen LogP) is 0.345. The first-order chi connectivity index (χ1) is 6.57. The maximum absolute atomic E-state index is 10.6. The number of hydrogen-bond acceptors (Lipinski definition) is 3. The molecular formula is C6H5F3O6. The molecule has 0 rings (SSSR count). The van der Waals surface area contributed by atoms with Crippen molar-refractivity contribution in [1.82, 2.24) is 0 Å². The minimum Gasteiger partial charge on any atom is -0.478 e. The number of hydrogen-bond donors (Lipinski definition) is 3. The van der Waals surface area contributed by atoms with Crippen molar-refractivity contribution in [3.05, 3.63) is 12.2 Å². The lowest BCUT2D eigenvalue weighted by atomic mass is 10.5. The Labute approximate surface area is 80.2 Å². The average Bonchev–Trinajstić information content (AvgIpc) is 2.00. The van der Waals surface area contributed by atoms with Crippen LogP contribution in [0, 0.1) is 0 Å². The molecule has 0 heterocycles.